The minimum Gasteiger partial charge on any atom is -0.298 e. The number of para-hydroxylation sites is 4. The van der Waals surface area contributed by atoms with Crippen LogP contribution < -0.4 is 0 Å². The molecule has 0 saturated heterocycles. The van der Waals surface area contributed by atoms with Crippen molar-refractivity contribution in [3.05, 3.63) is 211 Å². The summed E-state index contributed by atoms with van der Waals surface area (Å²) < 4.78 is 4.32. The Morgan fingerprint density at radius 1 is 0.500 bits per heavy atom. The monoisotopic (exact) mass is 685 g/mol. The molecule has 0 atom stereocenters. The third-order valence-electron chi connectivity index (χ3n) is 10.1. The number of benzene rings is 7. The van der Waals surface area contributed by atoms with E-state index >= 15 is 0 Å². The minimum atomic E-state index is -0.497. The maximum absolute atomic E-state index is 4.95. The molecule has 0 unspecified atom stereocenters. The van der Waals surface area contributed by atoms with Crippen LogP contribution in [0, 0.1) is 0 Å². The van der Waals surface area contributed by atoms with Crippen molar-refractivity contribution in [2.75, 3.05) is 0 Å². The Bertz CT molecular complexity index is 2680. The Morgan fingerprint density at radius 3 is 1.90 bits per heavy atom. The highest BCUT2D eigenvalue weighted by Gasteiger charge is 2.44. The fourth-order valence-electron chi connectivity index (χ4n) is 7.84. The molecule has 1 aliphatic rings. The van der Waals surface area contributed by atoms with Gasteiger partial charge < -0.3 is 0 Å². The molecule has 0 N–H and O–H groups in total. The second-order valence-corrected chi connectivity index (χ2v) is 14.0. The van der Waals surface area contributed by atoms with Gasteiger partial charge in [-0.2, -0.15) is 0 Å². The smallest absolute Gasteiger partial charge is 0.170 e. The maximum atomic E-state index is 4.95. The van der Waals surface area contributed by atoms with Crippen molar-refractivity contribution in [1.82, 2.24) is 24.3 Å². The number of fused-ring (bicyclic) bond motifs is 3. The van der Waals surface area contributed by atoms with E-state index in [9.17, 15) is 0 Å². The number of hydrogen-bond acceptors (Lipinski definition) is 4. The number of imidazole rings is 1. The molecular formula is C46H31N5S. The first kappa shape index (κ1) is 30.3. The van der Waals surface area contributed by atoms with E-state index in [1.165, 1.54) is 32.0 Å². The number of aromatic nitrogens is 5. The number of nitrogens with zero attached hydrogens (tertiary/aromatic N) is 5. The maximum Gasteiger partial charge on any atom is 0.170 e. The minimum absolute atomic E-state index is 0.497. The van der Waals surface area contributed by atoms with Crippen LogP contribution in [0.2, 0.25) is 0 Å². The van der Waals surface area contributed by atoms with Crippen molar-refractivity contribution >= 4 is 22.8 Å². The summed E-state index contributed by atoms with van der Waals surface area (Å²) >= 11 is 1.82. The van der Waals surface area contributed by atoms with E-state index in [4.69, 9.17) is 15.2 Å². The topological polar surface area (TPSA) is 48.5 Å². The van der Waals surface area contributed by atoms with E-state index < -0.39 is 5.41 Å². The molecule has 5 nitrogen and oxygen atoms in total. The highest BCUT2D eigenvalue weighted by atomic mass is 32.2. The zero-order valence-corrected chi connectivity index (χ0v) is 28.9. The van der Waals surface area contributed by atoms with Crippen LogP contribution >= 0.6 is 11.8 Å². The summed E-state index contributed by atoms with van der Waals surface area (Å²) in [6, 6.07) is 64.4. The van der Waals surface area contributed by atoms with Gasteiger partial charge in [-0.25, -0.2) is 4.98 Å². The molecule has 0 bridgehead atoms. The Kier molecular flexibility index (Phi) is 7.22. The Labute approximate surface area is 305 Å². The molecule has 0 fully saturated rings. The molecule has 246 valence electrons. The summed E-state index contributed by atoms with van der Waals surface area (Å²) in [6.45, 7) is 0. The van der Waals surface area contributed by atoms with Crippen molar-refractivity contribution in [3.8, 4) is 34.2 Å². The largest absolute Gasteiger partial charge is 0.298 e. The van der Waals surface area contributed by atoms with E-state index in [0.29, 0.717) is 0 Å². The Morgan fingerprint density at radius 2 is 1.12 bits per heavy atom. The fourth-order valence-corrected chi connectivity index (χ4v) is 9.07. The van der Waals surface area contributed by atoms with E-state index in [-0.39, 0.29) is 0 Å². The summed E-state index contributed by atoms with van der Waals surface area (Å²) in [5, 5.41) is 9.88. The normalized spacial score (nSPS) is 13.1. The number of hydrogen-bond donors (Lipinski definition) is 0. The van der Waals surface area contributed by atoms with Crippen molar-refractivity contribution < 1.29 is 0 Å². The van der Waals surface area contributed by atoms with Gasteiger partial charge in [0.05, 0.1) is 22.1 Å². The molecule has 52 heavy (non-hydrogen) atoms. The zero-order valence-electron chi connectivity index (χ0n) is 28.0. The molecule has 0 radical (unpaired) electrons. The lowest BCUT2D eigenvalue weighted by Gasteiger charge is -2.42. The molecule has 10 rings (SSSR count). The van der Waals surface area contributed by atoms with Gasteiger partial charge in [-0.05, 0) is 70.8 Å². The van der Waals surface area contributed by atoms with Crippen molar-refractivity contribution in [3.63, 3.8) is 0 Å². The molecular weight excluding hydrogens is 655 g/mol. The second kappa shape index (κ2) is 12.4. The summed E-state index contributed by atoms with van der Waals surface area (Å²) in [4.78, 5) is 7.13. The summed E-state index contributed by atoms with van der Waals surface area (Å²) in [5.74, 6) is 1.53. The van der Waals surface area contributed by atoms with Crippen molar-refractivity contribution in [1.29, 1.82) is 0 Å². The summed E-state index contributed by atoms with van der Waals surface area (Å²) in [5.41, 5.74) is 10.4. The van der Waals surface area contributed by atoms with Crippen LogP contribution in [0.15, 0.2) is 198 Å². The van der Waals surface area contributed by atoms with Gasteiger partial charge in [0.25, 0.3) is 0 Å². The lowest BCUT2D eigenvalue weighted by molar-refractivity contribution is 0.703. The summed E-state index contributed by atoms with van der Waals surface area (Å²) in [7, 11) is 0. The van der Waals surface area contributed by atoms with E-state index in [0.717, 1.165) is 45.2 Å². The Hall–Kier alpha value is -6.50. The predicted octanol–water partition coefficient (Wildman–Crippen LogP) is 10.8. The highest BCUT2D eigenvalue weighted by molar-refractivity contribution is 7.99. The van der Waals surface area contributed by atoms with Crippen LogP contribution in [0.4, 0.5) is 0 Å². The molecule has 1 aliphatic heterocycles. The van der Waals surface area contributed by atoms with Gasteiger partial charge in [0.15, 0.2) is 11.6 Å². The average Bonchev–Trinajstić information content (AvgIpc) is 3.86. The molecule has 9 aromatic rings. The lowest BCUT2D eigenvalue weighted by Crippen LogP contribution is -2.34. The molecule has 2 aromatic heterocycles. The second-order valence-electron chi connectivity index (χ2n) is 12.9. The zero-order chi connectivity index (χ0) is 34.5. The van der Waals surface area contributed by atoms with Gasteiger partial charge in [0.1, 0.15) is 6.33 Å². The number of rotatable bonds is 6. The highest BCUT2D eigenvalue weighted by Crippen LogP contribution is 2.56. The van der Waals surface area contributed by atoms with Gasteiger partial charge in [-0.1, -0.05) is 145 Å². The van der Waals surface area contributed by atoms with Crippen molar-refractivity contribution in [2.45, 2.75) is 15.2 Å². The first-order valence-corrected chi connectivity index (χ1v) is 18.2. The van der Waals surface area contributed by atoms with Crippen LogP contribution in [-0.4, -0.2) is 24.3 Å². The first-order chi connectivity index (χ1) is 25.8. The van der Waals surface area contributed by atoms with Gasteiger partial charge in [-0.15, -0.1) is 10.2 Å². The van der Waals surface area contributed by atoms with E-state index in [1.807, 2.05) is 42.4 Å². The molecule has 0 saturated carbocycles. The molecule has 0 aliphatic carbocycles. The quantitative estimate of drug-likeness (QED) is 0.175. The van der Waals surface area contributed by atoms with Crippen LogP contribution in [-0.2, 0) is 5.41 Å². The van der Waals surface area contributed by atoms with Gasteiger partial charge >= 0.3 is 0 Å². The Balaban J connectivity index is 1.20. The van der Waals surface area contributed by atoms with Gasteiger partial charge in [-0.3, -0.25) is 9.13 Å². The molecule has 0 amide bonds. The van der Waals surface area contributed by atoms with E-state index in [1.54, 1.807) is 0 Å². The molecule has 7 aromatic carbocycles. The van der Waals surface area contributed by atoms with E-state index in [2.05, 4.69) is 167 Å². The first-order valence-electron chi connectivity index (χ1n) is 17.4. The fraction of sp³-hybridized carbons (Fsp3) is 0.0217. The van der Waals surface area contributed by atoms with Crippen LogP contribution in [0.1, 0.15) is 22.3 Å². The molecule has 0 spiro atoms. The van der Waals surface area contributed by atoms with Crippen LogP contribution in [0.3, 0.4) is 0 Å². The van der Waals surface area contributed by atoms with Crippen LogP contribution in [0.5, 0.6) is 0 Å². The predicted molar refractivity (Wildman–Crippen MR) is 209 cm³/mol. The standard InChI is InChI=1S/C46H31N5S/c1-4-16-33(17-5-1)46(34-18-6-2-7-19-34)37-23-11-15-27-42(37)52-43-30-32(28-29-38(43)46)44-48-49-45(51(44)35-20-8-3-9-21-35)36-22-10-13-25-40(36)50-31-47-39-24-12-14-26-41(39)50/h1-31H. The average molecular weight is 686 g/mol. The van der Waals surface area contributed by atoms with Crippen LogP contribution in [0.25, 0.3) is 45.2 Å². The lowest BCUT2D eigenvalue weighted by atomic mass is 9.64. The van der Waals surface area contributed by atoms with Crippen molar-refractivity contribution in [2.24, 2.45) is 0 Å². The van der Waals surface area contributed by atoms with Gasteiger partial charge in [0.2, 0.25) is 0 Å². The van der Waals surface area contributed by atoms with Gasteiger partial charge in [0, 0.05) is 26.6 Å². The SMILES string of the molecule is c1ccc(-n2c(-c3ccc4c(c3)Sc3ccccc3C4(c3ccccc3)c3ccccc3)nnc2-c2ccccc2-n2cnc3ccccc32)cc1. The third-order valence-corrected chi connectivity index (χ3v) is 11.2. The third kappa shape index (κ3) is 4.69. The molecule has 6 heteroatoms. The summed E-state index contributed by atoms with van der Waals surface area (Å²) in [6.07, 6.45) is 1.89. The molecule has 3 heterocycles.